The molecule has 102 valence electrons. The molecule has 0 saturated heterocycles. The maximum absolute atomic E-state index is 6.47. The second-order valence-corrected chi connectivity index (χ2v) is 5.92. The van der Waals surface area contributed by atoms with Gasteiger partial charge in [0, 0.05) is 18.8 Å². The van der Waals surface area contributed by atoms with Crippen molar-refractivity contribution in [2.75, 3.05) is 18.0 Å². The zero-order chi connectivity index (χ0) is 13.5. The third-order valence-corrected chi connectivity index (χ3v) is 4.65. The first kappa shape index (κ1) is 12.0. The lowest BCUT2D eigenvalue weighted by atomic mass is 9.92. The summed E-state index contributed by atoms with van der Waals surface area (Å²) < 4.78 is 0. The fraction of sp³-hybridized carbons (Fsp3) is 0.333. The van der Waals surface area contributed by atoms with Gasteiger partial charge in [-0.05, 0) is 41.5 Å². The van der Waals surface area contributed by atoms with Gasteiger partial charge in [0.25, 0.3) is 0 Å². The summed E-state index contributed by atoms with van der Waals surface area (Å²) in [6.07, 6.45) is 3.66. The van der Waals surface area contributed by atoms with Crippen molar-refractivity contribution in [1.29, 1.82) is 0 Å². The Hall–Kier alpha value is -1.80. The molecule has 2 heteroatoms. The van der Waals surface area contributed by atoms with E-state index in [4.69, 9.17) is 5.73 Å². The van der Waals surface area contributed by atoms with E-state index in [0.29, 0.717) is 0 Å². The summed E-state index contributed by atoms with van der Waals surface area (Å²) in [5, 5.41) is 0. The Kier molecular flexibility index (Phi) is 2.78. The Bertz CT molecular complexity index is 633. The molecule has 2 N–H and O–H groups in total. The molecule has 2 aliphatic heterocycles. The van der Waals surface area contributed by atoms with Gasteiger partial charge < -0.3 is 10.6 Å². The minimum atomic E-state index is -0.00581. The molecule has 2 aliphatic rings. The minimum absolute atomic E-state index is 0.00581. The largest absolute Gasteiger partial charge is 0.371 e. The van der Waals surface area contributed by atoms with Gasteiger partial charge in [0.05, 0.1) is 6.04 Å². The monoisotopic (exact) mass is 264 g/mol. The zero-order valence-corrected chi connectivity index (χ0v) is 11.7. The number of rotatable bonds is 2. The normalized spacial score (nSPS) is 17.9. The molecule has 0 amide bonds. The van der Waals surface area contributed by atoms with Crippen LogP contribution in [0, 0.1) is 0 Å². The fourth-order valence-electron chi connectivity index (χ4n) is 3.66. The maximum Gasteiger partial charge on any atom is 0.0551 e. The van der Waals surface area contributed by atoms with Crippen molar-refractivity contribution >= 4 is 5.69 Å². The summed E-state index contributed by atoms with van der Waals surface area (Å²) in [7, 11) is 0. The SMILES string of the molecule is NC(c1ccccc1)c1cc2c3c(c1)CCN3CCC2. The smallest absolute Gasteiger partial charge is 0.0551 e. The molecule has 2 aromatic carbocycles. The van der Waals surface area contributed by atoms with Gasteiger partial charge in [-0.2, -0.15) is 0 Å². The van der Waals surface area contributed by atoms with Crippen LogP contribution in [0.25, 0.3) is 0 Å². The van der Waals surface area contributed by atoms with E-state index in [1.54, 1.807) is 0 Å². The van der Waals surface area contributed by atoms with Crippen LogP contribution in [0.15, 0.2) is 42.5 Å². The van der Waals surface area contributed by atoms with E-state index in [1.165, 1.54) is 60.3 Å². The van der Waals surface area contributed by atoms with Gasteiger partial charge in [-0.3, -0.25) is 0 Å². The zero-order valence-electron chi connectivity index (χ0n) is 11.7. The topological polar surface area (TPSA) is 29.3 Å². The van der Waals surface area contributed by atoms with E-state index in [1.807, 2.05) is 6.07 Å². The molecule has 1 unspecified atom stereocenters. The highest BCUT2D eigenvalue weighted by atomic mass is 15.2. The molecule has 0 fully saturated rings. The molecule has 1 atom stereocenters. The average molecular weight is 264 g/mol. The van der Waals surface area contributed by atoms with Crippen LogP contribution in [-0.4, -0.2) is 13.1 Å². The standard InChI is InChI=1S/C18H20N2/c19-17(13-5-2-1-3-6-13)16-11-14-7-4-9-20-10-8-15(12-16)18(14)20/h1-3,5-6,11-12,17H,4,7-10,19H2. The van der Waals surface area contributed by atoms with Crippen LogP contribution < -0.4 is 10.6 Å². The summed E-state index contributed by atoms with van der Waals surface area (Å²) in [4.78, 5) is 2.55. The molecular weight excluding hydrogens is 244 g/mol. The summed E-state index contributed by atoms with van der Waals surface area (Å²) in [6, 6.07) is 15.1. The molecule has 0 bridgehead atoms. The van der Waals surface area contributed by atoms with E-state index in [2.05, 4.69) is 41.3 Å². The summed E-state index contributed by atoms with van der Waals surface area (Å²) in [5.74, 6) is 0. The number of benzene rings is 2. The Morgan fingerprint density at radius 1 is 0.900 bits per heavy atom. The van der Waals surface area contributed by atoms with Crippen molar-refractivity contribution in [2.45, 2.75) is 25.3 Å². The van der Waals surface area contributed by atoms with Gasteiger partial charge >= 0.3 is 0 Å². The molecule has 2 aromatic rings. The third kappa shape index (κ3) is 1.83. The lowest BCUT2D eigenvalue weighted by Crippen LogP contribution is -2.26. The summed E-state index contributed by atoms with van der Waals surface area (Å²) in [6.45, 7) is 2.41. The van der Waals surface area contributed by atoms with Crippen molar-refractivity contribution in [2.24, 2.45) is 5.73 Å². The lowest BCUT2D eigenvalue weighted by Gasteiger charge is -2.28. The van der Waals surface area contributed by atoms with E-state index in [0.717, 1.165) is 0 Å². The molecular formula is C18H20N2. The Labute approximate surface area is 120 Å². The Morgan fingerprint density at radius 2 is 1.65 bits per heavy atom. The van der Waals surface area contributed by atoms with Crippen molar-refractivity contribution in [3.05, 3.63) is 64.7 Å². The molecule has 2 heterocycles. The van der Waals surface area contributed by atoms with Crippen LogP contribution >= 0.6 is 0 Å². The molecule has 4 rings (SSSR count). The molecule has 0 saturated carbocycles. The number of hydrogen-bond acceptors (Lipinski definition) is 2. The van der Waals surface area contributed by atoms with Crippen LogP contribution in [0.1, 0.15) is 34.7 Å². The first-order valence-corrected chi connectivity index (χ1v) is 7.54. The average Bonchev–Trinajstić information content (AvgIpc) is 2.92. The molecule has 0 spiro atoms. The van der Waals surface area contributed by atoms with Crippen molar-refractivity contribution < 1.29 is 0 Å². The molecule has 0 radical (unpaired) electrons. The van der Waals surface area contributed by atoms with Crippen molar-refractivity contribution in [1.82, 2.24) is 0 Å². The number of aryl methyl sites for hydroxylation is 1. The van der Waals surface area contributed by atoms with Crippen molar-refractivity contribution in [3.8, 4) is 0 Å². The number of nitrogens with two attached hydrogens (primary N) is 1. The van der Waals surface area contributed by atoms with Gasteiger partial charge in [0.15, 0.2) is 0 Å². The van der Waals surface area contributed by atoms with Crippen LogP contribution in [0.4, 0.5) is 5.69 Å². The van der Waals surface area contributed by atoms with E-state index in [-0.39, 0.29) is 6.04 Å². The van der Waals surface area contributed by atoms with Gasteiger partial charge in [-0.1, -0.05) is 42.5 Å². The Balaban J connectivity index is 1.77. The first-order valence-electron chi connectivity index (χ1n) is 7.54. The van der Waals surface area contributed by atoms with Gasteiger partial charge in [0.1, 0.15) is 0 Å². The second-order valence-electron chi connectivity index (χ2n) is 5.92. The highest BCUT2D eigenvalue weighted by molar-refractivity contribution is 5.66. The van der Waals surface area contributed by atoms with Crippen LogP contribution in [0.3, 0.4) is 0 Å². The Morgan fingerprint density at radius 3 is 2.45 bits per heavy atom. The number of anilines is 1. The van der Waals surface area contributed by atoms with E-state index < -0.39 is 0 Å². The van der Waals surface area contributed by atoms with Crippen LogP contribution in [0.2, 0.25) is 0 Å². The summed E-state index contributed by atoms with van der Waals surface area (Å²) in [5.41, 5.74) is 13.5. The molecule has 0 aromatic heterocycles. The predicted molar refractivity (Wildman–Crippen MR) is 83.2 cm³/mol. The molecule has 20 heavy (non-hydrogen) atoms. The maximum atomic E-state index is 6.47. The lowest BCUT2D eigenvalue weighted by molar-refractivity contribution is 0.717. The number of nitrogens with zero attached hydrogens (tertiary/aromatic N) is 1. The number of hydrogen-bond donors (Lipinski definition) is 1. The third-order valence-electron chi connectivity index (χ3n) is 4.65. The minimum Gasteiger partial charge on any atom is -0.371 e. The fourth-order valence-corrected chi connectivity index (χ4v) is 3.66. The predicted octanol–water partition coefficient (Wildman–Crippen LogP) is 3.04. The highest BCUT2D eigenvalue weighted by Gasteiger charge is 2.26. The van der Waals surface area contributed by atoms with Crippen LogP contribution in [-0.2, 0) is 12.8 Å². The summed E-state index contributed by atoms with van der Waals surface area (Å²) >= 11 is 0. The van der Waals surface area contributed by atoms with E-state index >= 15 is 0 Å². The van der Waals surface area contributed by atoms with Crippen molar-refractivity contribution in [3.63, 3.8) is 0 Å². The quantitative estimate of drug-likeness (QED) is 0.903. The van der Waals surface area contributed by atoms with Gasteiger partial charge in [0.2, 0.25) is 0 Å². The second kappa shape index (κ2) is 4.64. The highest BCUT2D eigenvalue weighted by Crippen LogP contribution is 2.38. The molecule has 2 nitrogen and oxygen atoms in total. The molecule has 0 aliphatic carbocycles. The van der Waals surface area contributed by atoms with Crippen LogP contribution in [0.5, 0.6) is 0 Å². The van der Waals surface area contributed by atoms with Gasteiger partial charge in [-0.25, -0.2) is 0 Å². The van der Waals surface area contributed by atoms with E-state index in [9.17, 15) is 0 Å². The first-order chi connectivity index (χ1) is 9.83. The van der Waals surface area contributed by atoms with Gasteiger partial charge in [-0.15, -0.1) is 0 Å².